The van der Waals surface area contributed by atoms with E-state index in [1.807, 2.05) is 25.1 Å². The zero-order chi connectivity index (χ0) is 27.1. The lowest BCUT2D eigenvalue weighted by Crippen LogP contribution is -2.32. The number of hydrogen-bond donors (Lipinski definition) is 4. The van der Waals surface area contributed by atoms with Gasteiger partial charge in [-0.2, -0.15) is 0 Å². The Balaban J connectivity index is 1.73. The van der Waals surface area contributed by atoms with Gasteiger partial charge in [0.1, 0.15) is 12.7 Å². The van der Waals surface area contributed by atoms with Crippen molar-refractivity contribution in [3.63, 3.8) is 0 Å². The minimum absolute atomic E-state index is 0.0150. The Morgan fingerprint density at radius 2 is 2.13 bits per heavy atom. The van der Waals surface area contributed by atoms with Crippen molar-refractivity contribution in [3.8, 4) is 11.5 Å². The van der Waals surface area contributed by atoms with E-state index >= 15 is 0 Å². The second-order valence-electron chi connectivity index (χ2n) is 9.28. The number of amides is 1. The Labute approximate surface area is 221 Å². The highest BCUT2D eigenvalue weighted by Crippen LogP contribution is 2.38. The van der Waals surface area contributed by atoms with Gasteiger partial charge < -0.3 is 30.9 Å². The average Bonchev–Trinajstić information content (AvgIpc) is 3.74. The van der Waals surface area contributed by atoms with Crippen molar-refractivity contribution in [2.75, 3.05) is 25.6 Å². The van der Waals surface area contributed by atoms with Crippen LogP contribution in [0.2, 0.25) is 0 Å². The summed E-state index contributed by atoms with van der Waals surface area (Å²) in [6, 6.07) is 9.79. The molecule has 4 rings (SSSR count). The number of nitrogens with two attached hydrogens (primary N) is 1. The van der Waals surface area contributed by atoms with Gasteiger partial charge in [0, 0.05) is 46.4 Å². The number of nitrogens with one attached hydrogen (secondary N) is 2. The van der Waals surface area contributed by atoms with Gasteiger partial charge in [-0.15, -0.1) is 0 Å². The summed E-state index contributed by atoms with van der Waals surface area (Å²) in [5, 5.41) is 21.6. The Morgan fingerprint density at radius 3 is 2.82 bits per heavy atom. The Hall–Kier alpha value is -4.05. The maximum absolute atomic E-state index is 11.9. The summed E-state index contributed by atoms with van der Waals surface area (Å²) in [6.45, 7) is 2.78. The second kappa shape index (κ2) is 12.5. The molecule has 1 saturated carbocycles. The molecule has 3 aromatic rings. The van der Waals surface area contributed by atoms with Gasteiger partial charge in [0.2, 0.25) is 5.91 Å². The number of ether oxygens (including phenoxy) is 2. The summed E-state index contributed by atoms with van der Waals surface area (Å²) >= 11 is 0. The SMILES string of the molecule is CCc1c(CN=[N+]=[N-])cccc1Nc1c(CC(N)=O)cnc2cc(OC)c(OCC(O)CNC3CC3)cc12. The third kappa shape index (κ3) is 6.63. The number of hydrogen-bond acceptors (Lipinski definition) is 8. The maximum Gasteiger partial charge on any atom is 0.221 e. The van der Waals surface area contributed by atoms with E-state index in [-0.39, 0.29) is 19.6 Å². The number of aromatic nitrogens is 1. The van der Waals surface area contributed by atoms with Gasteiger partial charge in [0.05, 0.1) is 31.3 Å². The minimum atomic E-state index is -0.682. The highest BCUT2D eigenvalue weighted by molar-refractivity contribution is 5.98. The number of rotatable bonds is 14. The van der Waals surface area contributed by atoms with Crippen molar-refractivity contribution in [3.05, 3.63) is 63.7 Å². The molecule has 0 spiro atoms. The third-order valence-electron chi connectivity index (χ3n) is 6.44. The number of fused-ring (bicyclic) bond motifs is 1. The van der Waals surface area contributed by atoms with Crippen LogP contribution in [0.1, 0.15) is 36.5 Å². The molecule has 1 atom stereocenters. The van der Waals surface area contributed by atoms with Gasteiger partial charge in [-0.3, -0.25) is 9.78 Å². The van der Waals surface area contributed by atoms with Crippen molar-refractivity contribution in [2.45, 2.75) is 51.3 Å². The molecule has 1 aromatic heterocycles. The van der Waals surface area contributed by atoms with E-state index in [4.69, 9.17) is 20.7 Å². The van der Waals surface area contributed by atoms with Gasteiger partial charge >= 0.3 is 0 Å². The number of carbonyl (C=O) groups excluding carboxylic acids is 1. The van der Waals surface area contributed by atoms with Crippen LogP contribution in [0.15, 0.2) is 41.6 Å². The Morgan fingerprint density at radius 1 is 1.32 bits per heavy atom. The fourth-order valence-electron chi connectivity index (χ4n) is 4.38. The van der Waals surface area contributed by atoms with Gasteiger partial charge in [-0.25, -0.2) is 0 Å². The number of aliphatic hydroxyl groups excluding tert-OH is 1. The molecule has 1 aliphatic rings. The van der Waals surface area contributed by atoms with Crippen molar-refractivity contribution in [1.29, 1.82) is 0 Å². The first-order valence-electron chi connectivity index (χ1n) is 12.6. The zero-order valence-electron chi connectivity index (χ0n) is 21.6. The van der Waals surface area contributed by atoms with E-state index in [1.54, 1.807) is 25.4 Å². The standard InChI is InChI=1S/C27H33N7O4/c1-3-20-16(13-32-34-29)5-4-6-22(20)33-27-17(9-26(28)36)12-31-23-11-24(37-2)25(10-21(23)27)38-15-19(35)14-30-18-7-8-18/h4-6,10-12,18-19,30,35H,3,7-9,13-15H2,1-2H3,(H2,28,36)(H,31,33). The van der Waals surface area contributed by atoms with E-state index < -0.39 is 12.0 Å². The number of azide groups is 1. The number of anilines is 2. The molecule has 5 N–H and O–H groups in total. The third-order valence-corrected chi connectivity index (χ3v) is 6.44. The van der Waals surface area contributed by atoms with Gasteiger partial charge in [0.15, 0.2) is 11.5 Å². The van der Waals surface area contributed by atoms with Gasteiger partial charge in [-0.05, 0) is 48.1 Å². The van der Waals surface area contributed by atoms with E-state index in [0.717, 1.165) is 29.7 Å². The molecular weight excluding hydrogens is 486 g/mol. The lowest BCUT2D eigenvalue weighted by molar-refractivity contribution is -0.117. The molecule has 1 aliphatic carbocycles. The summed E-state index contributed by atoms with van der Waals surface area (Å²) in [5.41, 5.74) is 19.0. The van der Waals surface area contributed by atoms with Crippen LogP contribution in [0.4, 0.5) is 11.4 Å². The molecular formula is C27H33N7O4. The molecule has 1 heterocycles. The van der Waals surface area contributed by atoms with Crippen LogP contribution in [-0.4, -0.2) is 48.4 Å². The quantitative estimate of drug-likeness (QED) is 0.142. The molecule has 0 aliphatic heterocycles. The fraction of sp³-hybridized carbons (Fsp3) is 0.407. The molecule has 200 valence electrons. The molecule has 1 unspecified atom stereocenters. The summed E-state index contributed by atoms with van der Waals surface area (Å²) in [7, 11) is 1.54. The molecule has 2 aromatic carbocycles. The van der Waals surface area contributed by atoms with Crippen LogP contribution in [0.5, 0.6) is 11.5 Å². The second-order valence-corrected chi connectivity index (χ2v) is 9.28. The smallest absolute Gasteiger partial charge is 0.221 e. The number of carbonyl (C=O) groups is 1. The molecule has 11 heteroatoms. The number of aliphatic hydroxyl groups is 1. The molecule has 0 saturated heterocycles. The van der Waals surface area contributed by atoms with E-state index in [2.05, 4.69) is 25.6 Å². The Bertz CT molecular complexity index is 1350. The number of methoxy groups -OCH3 is 1. The predicted molar refractivity (Wildman–Crippen MR) is 146 cm³/mol. The topological polar surface area (TPSA) is 167 Å². The van der Waals surface area contributed by atoms with E-state index in [0.29, 0.717) is 52.7 Å². The van der Waals surface area contributed by atoms with Crippen molar-refractivity contribution >= 4 is 28.2 Å². The molecule has 1 amide bonds. The first-order chi connectivity index (χ1) is 18.4. The molecule has 0 radical (unpaired) electrons. The number of nitrogens with zero attached hydrogens (tertiary/aromatic N) is 4. The van der Waals surface area contributed by atoms with Crippen LogP contribution < -0.4 is 25.8 Å². The lowest BCUT2D eigenvalue weighted by Gasteiger charge is -2.20. The molecule has 0 bridgehead atoms. The van der Waals surface area contributed by atoms with Crippen LogP contribution in [0.3, 0.4) is 0 Å². The highest BCUT2D eigenvalue weighted by Gasteiger charge is 2.22. The number of benzene rings is 2. The van der Waals surface area contributed by atoms with Gasteiger partial charge in [0.25, 0.3) is 0 Å². The van der Waals surface area contributed by atoms with E-state index in [9.17, 15) is 9.90 Å². The normalized spacial score (nSPS) is 13.6. The van der Waals surface area contributed by atoms with Crippen molar-refractivity contribution < 1.29 is 19.4 Å². The summed E-state index contributed by atoms with van der Waals surface area (Å²) in [5.74, 6) is 0.434. The summed E-state index contributed by atoms with van der Waals surface area (Å²) < 4.78 is 11.5. The summed E-state index contributed by atoms with van der Waals surface area (Å²) in [6.07, 6.45) is 3.89. The Kier molecular flexibility index (Phi) is 8.85. The lowest BCUT2D eigenvalue weighted by atomic mass is 10.0. The first kappa shape index (κ1) is 27.0. The van der Waals surface area contributed by atoms with Crippen LogP contribution >= 0.6 is 0 Å². The molecule has 38 heavy (non-hydrogen) atoms. The van der Waals surface area contributed by atoms with Crippen LogP contribution in [-0.2, 0) is 24.2 Å². The van der Waals surface area contributed by atoms with E-state index in [1.165, 1.54) is 0 Å². The minimum Gasteiger partial charge on any atom is -0.493 e. The number of pyridine rings is 1. The maximum atomic E-state index is 11.9. The van der Waals surface area contributed by atoms with Crippen molar-refractivity contribution in [1.82, 2.24) is 10.3 Å². The molecule has 1 fully saturated rings. The predicted octanol–water partition coefficient (Wildman–Crippen LogP) is 3.88. The monoisotopic (exact) mass is 519 g/mol. The average molecular weight is 520 g/mol. The van der Waals surface area contributed by atoms with Gasteiger partial charge in [-0.1, -0.05) is 24.2 Å². The number of primary amides is 1. The van der Waals surface area contributed by atoms with Crippen LogP contribution in [0.25, 0.3) is 21.3 Å². The first-order valence-corrected chi connectivity index (χ1v) is 12.6. The van der Waals surface area contributed by atoms with Crippen molar-refractivity contribution in [2.24, 2.45) is 10.8 Å². The highest BCUT2D eigenvalue weighted by atomic mass is 16.5. The largest absolute Gasteiger partial charge is 0.493 e. The zero-order valence-corrected chi connectivity index (χ0v) is 21.6. The fourth-order valence-corrected chi connectivity index (χ4v) is 4.38. The molecule has 11 nitrogen and oxygen atoms in total. The van der Waals surface area contributed by atoms with Crippen LogP contribution in [0, 0.1) is 0 Å². The summed E-state index contributed by atoms with van der Waals surface area (Å²) in [4.78, 5) is 19.3.